The van der Waals surface area contributed by atoms with E-state index in [-0.39, 0.29) is 40.4 Å². The molecule has 23 nitrogen and oxygen atoms in total. The Bertz CT molecular complexity index is 3370. The Hall–Kier alpha value is -8.77. The summed E-state index contributed by atoms with van der Waals surface area (Å²) in [5.74, 6) is 0.269. The quantitative estimate of drug-likeness (QED) is 0.0686. The molecule has 0 unspecified atom stereocenters. The molecule has 8 aromatic rings. The summed E-state index contributed by atoms with van der Waals surface area (Å²) in [7, 11) is 16.0. The molecule has 0 aliphatic carbocycles. The van der Waals surface area contributed by atoms with Gasteiger partial charge in [-0.2, -0.15) is 14.4 Å². The zero-order chi connectivity index (χ0) is 53.1. The van der Waals surface area contributed by atoms with Gasteiger partial charge in [0, 0.05) is 83.0 Å². The summed E-state index contributed by atoms with van der Waals surface area (Å²) in [6, 6.07) is 22.7. The lowest BCUT2D eigenvalue weighted by atomic mass is 10.2. The van der Waals surface area contributed by atoms with Crippen LogP contribution in [-0.2, 0) is 14.1 Å². The molecule has 0 aliphatic rings. The lowest BCUT2D eigenvalue weighted by Crippen LogP contribution is -2.29. The summed E-state index contributed by atoms with van der Waals surface area (Å²) >= 11 is 0. The number of nitro groups is 2. The number of hydrogen-bond donors (Lipinski definition) is 2. The zero-order valence-electron chi connectivity index (χ0n) is 42.2. The van der Waals surface area contributed by atoms with Crippen LogP contribution in [0.5, 0.6) is 11.5 Å². The van der Waals surface area contributed by atoms with Crippen LogP contribution in [0.2, 0.25) is 0 Å². The molecule has 0 spiro atoms. The smallest absolute Gasteiger partial charge is 0.334 e. The van der Waals surface area contributed by atoms with Crippen LogP contribution in [0.4, 0.5) is 44.7 Å². The number of ether oxygens (including phenoxy) is 2. The Balaban J connectivity index is 0.000000213. The first-order valence-electron chi connectivity index (χ1n) is 22.8. The molecular weight excluding hydrogens is 946 g/mol. The molecule has 0 bridgehead atoms. The molecular formula is C49H58FN15O8. The van der Waals surface area contributed by atoms with Crippen LogP contribution in [0.15, 0.2) is 107 Å². The highest BCUT2D eigenvalue weighted by molar-refractivity contribution is 5.80. The van der Waals surface area contributed by atoms with E-state index in [0.717, 1.165) is 29.7 Å². The molecule has 0 aliphatic heterocycles. The van der Waals surface area contributed by atoms with E-state index in [2.05, 4.69) is 56.5 Å². The van der Waals surface area contributed by atoms with Crippen molar-refractivity contribution in [1.29, 1.82) is 0 Å². The Morgan fingerprint density at radius 1 is 0.630 bits per heavy atom. The van der Waals surface area contributed by atoms with Crippen molar-refractivity contribution in [3.63, 3.8) is 0 Å². The monoisotopic (exact) mass is 1000 g/mol. The topological polar surface area (TPSA) is 244 Å². The molecule has 384 valence electrons. The third kappa shape index (κ3) is 12.4. The van der Waals surface area contributed by atoms with E-state index in [0.29, 0.717) is 46.3 Å². The standard InChI is InChI=1S/C24H28N8O4.C19H15FN6O4.C6H15N/c1-28(2)12-13-29(3)19-15-21(36-5)16(14-20(19)32(34)35)26-23-25-11-10-22(27-23)31-18-9-7-6-8-17(18)30(4)24(31)33;1-24-13-5-3-4-6-14(13)25(19(24)27)17-7-8-21-18(23-17)22-12-10-15(26(28)29)11(20)9-16(12)30-2;1-4-5-6-7(2)3/h6-11,14-15H,12-13H2,1-5H3,(H,25,26,27);3-10H,1-2H3,(H,21,22,23);4-6H2,1-3H3. The molecule has 0 atom stereocenters. The van der Waals surface area contributed by atoms with Crippen LogP contribution >= 0.6 is 0 Å². The van der Waals surface area contributed by atoms with E-state index in [1.54, 1.807) is 56.0 Å². The van der Waals surface area contributed by atoms with Crippen molar-refractivity contribution < 1.29 is 23.7 Å². The zero-order valence-corrected chi connectivity index (χ0v) is 42.2. The number of halogens is 1. The van der Waals surface area contributed by atoms with Gasteiger partial charge in [0.1, 0.15) is 28.8 Å². The van der Waals surface area contributed by atoms with Crippen LogP contribution in [0, 0.1) is 26.0 Å². The molecule has 4 heterocycles. The predicted molar refractivity (Wildman–Crippen MR) is 279 cm³/mol. The van der Waals surface area contributed by atoms with Gasteiger partial charge in [-0.15, -0.1) is 0 Å². The summed E-state index contributed by atoms with van der Waals surface area (Å²) in [5, 5.41) is 28.8. The number of nitrogens with one attached hydrogen (secondary N) is 2. The van der Waals surface area contributed by atoms with Crippen LogP contribution in [0.25, 0.3) is 33.7 Å². The number of hydrogen-bond acceptors (Lipinski definition) is 17. The molecule has 0 radical (unpaired) electrons. The average Bonchev–Trinajstić information content (AvgIpc) is 3.79. The molecule has 4 aromatic heterocycles. The summed E-state index contributed by atoms with van der Waals surface area (Å²) in [6.45, 7) is 4.76. The highest BCUT2D eigenvalue weighted by Crippen LogP contribution is 2.39. The van der Waals surface area contributed by atoms with Gasteiger partial charge in [0.2, 0.25) is 17.7 Å². The largest absolute Gasteiger partial charge is 0.494 e. The van der Waals surface area contributed by atoms with Gasteiger partial charge < -0.3 is 34.8 Å². The van der Waals surface area contributed by atoms with E-state index in [9.17, 15) is 34.2 Å². The van der Waals surface area contributed by atoms with Gasteiger partial charge in [-0.3, -0.25) is 29.4 Å². The Kier molecular flexibility index (Phi) is 17.5. The number of aryl methyl sites for hydroxylation is 2. The number of para-hydroxylation sites is 4. The van der Waals surface area contributed by atoms with Gasteiger partial charge in [-0.1, -0.05) is 37.6 Å². The molecule has 8 rings (SSSR count). The Morgan fingerprint density at radius 3 is 1.48 bits per heavy atom. The fourth-order valence-electron chi connectivity index (χ4n) is 7.51. The maximum absolute atomic E-state index is 13.9. The van der Waals surface area contributed by atoms with Crippen molar-refractivity contribution in [3.05, 3.63) is 144 Å². The molecule has 73 heavy (non-hydrogen) atoms. The Labute approximate surface area is 419 Å². The van der Waals surface area contributed by atoms with E-state index in [4.69, 9.17) is 9.47 Å². The second-order valence-electron chi connectivity index (χ2n) is 17.0. The minimum absolute atomic E-state index is 0.0365. The predicted octanol–water partition coefficient (Wildman–Crippen LogP) is 7.04. The molecule has 0 amide bonds. The first-order valence-corrected chi connectivity index (χ1v) is 22.8. The fourth-order valence-corrected chi connectivity index (χ4v) is 7.51. The maximum Gasteiger partial charge on any atom is 0.334 e. The van der Waals surface area contributed by atoms with Crippen molar-refractivity contribution in [3.8, 4) is 23.1 Å². The normalized spacial score (nSPS) is 11.0. The van der Waals surface area contributed by atoms with Gasteiger partial charge in [-0.05, 0) is 65.4 Å². The van der Waals surface area contributed by atoms with Crippen molar-refractivity contribution in [2.75, 3.05) is 84.6 Å². The van der Waals surface area contributed by atoms with Gasteiger partial charge >= 0.3 is 17.1 Å². The van der Waals surface area contributed by atoms with Crippen LogP contribution in [0.1, 0.15) is 19.8 Å². The molecule has 24 heteroatoms. The number of unbranched alkanes of at least 4 members (excludes halogenated alkanes) is 1. The summed E-state index contributed by atoms with van der Waals surface area (Å²) in [4.78, 5) is 70.5. The van der Waals surface area contributed by atoms with Crippen molar-refractivity contribution >= 4 is 62.4 Å². The number of aromatic nitrogens is 8. The van der Waals surface area contributed by atoms with Crippen molar-refractivity contribution in [2.24, 2.45) is 14.1 Å². The number of methoxy groups -OCH3 is 2. The van der Waals surface area contributed by atoms with E-state index in [1.807, 2.05) is 60.3 Å². The van der Waals surface area contributed by atoms with Crippen LogP contribution < -0.4 is 36.4 Å². The third-order valence-corrected chi connectivity index (χ3v) is 11.4. The molecule has 4 aromatic carbocycles. The van der Waals surface area contributed by atoms with Crippen LogP contribution in [-0.4, -0.2) is 127 Å². The number of imidazole rings is 2. The molecule has 0 fully saturated rings. The van der Waals surface area contributed by atoms with Gasteiger partial charge in [-0.25, -0.2) is 28.7 Å². The third-order valence-electron chi connectivity index (χ3n) is 11.4. The number of rotatable bonds is 17. The lowest BCUT2D eigenvalue weighted by Gasteiger charge is -2.22. The van der Waals surface area contributed by atoms with Gasteiger partial charge in [0.15, 0.2) is 0 Å². The fraction of sp³-hybridized carbons (Fsp3) is 0.306. The molecule has 2 N–H and O–H groups in total. The highest BCUT2D eigenvalue weighted by atomic mass is 19.1. The second kappa shape index (κ2) is 23.9. The van der Waals surface area contributed by atoms with E-state index in [1.165, 1.54) is 65.8 Å². The molecule has 0 saturated heterocycles. The molecule has 0 saturated carbocycles. The van der Waals surface area contributed by atoms with Crippen molar-refractivity contribution in [1.82, 2.24) is 48.0 Å². The highest BCUT2D eigenvalue weighted by Gasteiger charge is 2.24. The number of likely N-dealkylation sites (N-methyl/N-ethyl adjacent to an activating group) is 2. The van der Waals surface area contributed by atoms with E-state index < -0.39 is 21.4 Å². The summed E-state index contributed by atoms with van der Waals surface area (Å²) in [5.41, 5.74) is 2.37. The van der Waals surface area contributed by atoms with Crippen molar-refractivity contribution in [2.45, 2.75) is 19.8 Å². The number of fused-ring (bicyclic) bond motifs is 2. The number of nitrogens with zero attached hydrogens (tertiary/aromatic N) is 13. The van der Waals surface area contributed by atoms with E-state index >= 15 is 0 Å². The minimum Gasteiger partial charge on any atom is -0.494 e. The maximum atomic E-state index is 13.9. The second-order valence-corrected chi connectivity index (χ2v) is 17.0. The number of nitro benzene ring substituents is 2. The average molecular weight is 1000 g/mol. The summed E-state index contributed by atoms with van der Waals surface area (Å²) in [6.07, 6.45) is 5.58. The SMILES string of the molecule is CCCCN(C)C.COc1cc(F)c([N+](=O)[O-])cc1Nc1nccc(-n2c(=O)n(C)c3ccccc32)n1.COc1cc(N(C)CCN(C)C)c([N+](=O)[O-])cc1Nc1nccc(-n2c(=O)n(C)c3ccccc32)n1. The first-order chi connectivity index (χ1) is 34.9. The first kappa shape index (κ1) is 53.6. The minimum atomic E-state index is -1.03. The number of anilines is 5. The summed E-state index contributed by atoms with van der Waals surface area (Å²) < 4.78 is 30.4. The number of benzene rings is 4. The lowest BCUT2D eigenvalue weighted by molar-refractivity contribution is -0.387. The van der Waals surface area contributed by atoms with Crippen LogP contribution in [0.3, 0.4) is 0 Å². The Morgan fingerprint density at radius 2 is 1.07 bits per heavy atom. The van der Waals surface area contributed by atoms with Gasteiger partial charge in [0.05, 0.1) is 57.5 Å². The van der Waals surface area contributed by atoms with Gasteiger partial charge in [0.25, 0.3) is 5.69 Å².